The number of halogens is 1. The van der Waals surface area contributed by atoms with E-state index in [1.165, 1.54) is 12.1 Å². The zero-order valence-corrected chi connectivity index (χ0v) is 13.1. The lowest BCUT2D eigenvalue weighted by Gasteiger charge is -2.10. The van der Waals surface area contributed by atoms with Crippen molar-refractivity contribution in [3.8, 4) is 5.69 Å². The zero-order chi connectivity index (χ0) is 15.6. The largest absolute Gasteiger partial charge is 0.318 e. The van der Waals surface area contributed by atoms with Crippen molar-refractivity contribution in [3.63, 3.8) is 0 Å². The van der Waals surface area contributed by atoms with Gasteiger partial charge in [0.1, 0.15) is 5.82 Å². The lowest BCUT2D eigenvalue weighted by molar-refractivity contribution is 0.0975. The van der Waals surface area contributed by atoms with Crippen LogP contribution >= 0.6 is 0 Å². The Morgan fingerprint density at radius 3 is 2.38 bits per heavy atom. The molecule has 0 radical (unpaired) electrons. The van der Waals surface area contributed by atoms with Crippen LogP contribution in [0.5, 0.6) is 0 Å². The molecule has 1 aromatic heterocycles. The fraction of sp³-hybridized carbons (Fsp3) is 0.389. The average Bonchev–Trinajstić information content (AvgIpc) is 2.73. The van der Waals surface area contributed by atoms with E-state index < -0.39 is 0 Å². The van der Waals surface area contributed by atoms with Crippen LogP contribution in [0.4, 0.5) is 4.39 Å². The van der Waals surface area contributed by atoms with Gasteiger partial charge in [-0.1, -0.05) is 13.8 Å². The van der Waals surface area contributed by atoms with Gasteiger partial charge in [-0.25, -0.2) is 4.39 Å². The van der Waals surface area contributed by atoms with Crippen LogP contribution in [0.2, 0.25) is 0 Å². The van der Waals surface area contributed by atoms with E-state index in [2.05, 4.69) is 13.8 Å². The summed E-state index contributed by atoms with van der Waals surface area (Å²) in [6.07, 6.45) is 1.48. The summed E-state index contributed by atoms with van der Waals surface area (Å²) in [5.74, 6) is 0.453. The molecule has 0 N–H and O–H groups in total. The summed E-state index contributed by atoms with van der Waals surface area (Å²) in [6, 6.07) is 8.28. The molecule has 3 heteroatoms. The Morgan fingerprint density at radius 1 is 1.19 bits per heavy atom. The van der Waals surface area contributed by atoms with Crippen LogP contribution in [0.3, 0.4) is 0 Å². The van der Waals surface area contributed by atoms with Gasteiger partial charge in [0, 0.05) is 29.1 Å². The third kappa shape index (κ3) is 3.41. The molecule has 21 heavy (non-hydrogen) atoms. The van der Waals surface area contributed by atoms with E-state index >= 15 is 0 Å². The topological polar surface area (TPSA) is 22.0 Å². The number of carbonyl (C=O) groups is 1. The highest BCUT2D eigenvalue weighted by molar-refractivity contribution is 5.97. The Balaban J connectivity index is 2.33. The number of Topliss-reactive ketones (excluding diaryl/α,β-unsaturated/α-hetero) is 1. The Hall–Kier alpha value is -1.90. The molecule has 0 unspecified atom stereocenters. The van der Waals surface area contributed by atoms with E-state index in [1.54, 1.807) is 12.1 Å². The first-order valence-electron chi connectivity index (χ1n) is 7.38. The summed E-state index contributed by atoms with van der Waals surface area (Å²) >= 11 is 0. The van der Waals surface area contributed by atoms with Gasteiger partial charge in [0.05, 0.1) is 0 Å². The predicted octanol–water partition coefficient (Wildman–Crippen LogP) is 4.85. The van der Waals surface area contributed by atoms with Crippen molar-refractivity contribution in [2.24, 2.45) is 5.92 Å². The number of ketones is 1. The normalized spacial score (nSPS) is 11.1. The number of hydrogen-bond acceptors (Lipinski definition) is 1. The standard InChI is InChI=1S/C18H22FNO/c1-12(2)5-10-18(21)17-11-13(3)20(14(17)4)16-8-6-15(19)7-9-16/h6-9,11-12H,5,10H2,1-4H3. The molecule has 2 aromatic rings. The molecule has 1 heterocycles. The molecule has 0 spiro atoms. The molecule has 2 rings (SSSR count). The maximum Gasteiger partial charge on any atom is 0.164 e. The Bertz CT molecular complexity index is 638. The van der Waals surface area contributed by atoms with E-state index in [0.717, 1.165) is 29.1 Å². The summed E-state index contributed by atoms with van der Waals surface area (Å²) in [7, 11) is 0. The Kier molecular flexibility index (Phi) is 4.61. The molecule has 0 aliphatic heterocycles. The minimum absolute atomic E-state index is 0.185. The lowest BCUT2D eigenvalue weighted by atomic mass is 10.0. The molecule has 0 saturated carbocycles. The van der Waals surface area contributed by atoms with Gasteiger partial charge >= 0.3 is 0 Å². The van der Waals surface area contributed by atoms with Crippen LogP contribution < -0.4 is 0 Å². The number of benzene rings is 1. The van der Waals surface area contributed by atoms with E-state index in [0.29, 0.717) is 12.3 Å². The van der Waals surface area contributed by atoms with Gasteiger partial charge in [-0.2, -0.15) is 0 Å². The van der Waals surface area contributed by atoms with Gasteiger partial charge in [0.2, 0.25) is 0 Å². The third-order valence-electron chi connectivity index (χ3n) is 3.77. The molecule has 0 aliphatic rings. The summed E-state index contributed by atoms with van der Waals surface area (Å²) in [4.78, 5) is 12.3. The minimum Gasteiger partial charge on any atom is -0.318 e. The van der Waals surface area contributed by atoms with Gasteiger partial charge in [0.25, 0.3) is 0 Å². The maximum absolute atomic E-state index is 13.0. The van der Waals surface area contributed by atoms with Gasteiger partial charge in [0.15, 0.2) is 5.78 Å². The van der Waals surface area contributed by atoms with E-state index in [4.69, 9.17) is 0 Å². The first-order valence-corrected chi connectivity index (χ1v) is 7.38. The van der Waals surface area contributed by atoms with Gasteiger partial charge in [-0.3, -0.25) is 4.79 Å². The van der Waals surface area contributed by atoms with Crippen molar-refractivity contribution < 1.29 is 9.18 Å². The average molecular weight is 287 g/mol. The molecule has 0 aliphatic carbocycles. The molecule has 0 amide bonds. The van der Waals surface area contributed by atoms with E-state index in [9.17, 15) is 9.18 Å². The van der Waals surface area contributed by atoms with Crippen LogP contribution in [0, 0.1) is 25.6 Å². The van der Waals surface area contributed by atoms with Crippen LogP contribution in [0.1, 0.15) is 48.4 Å². The number of carbonyl (C=O) groups excluding carboxylic acids is 1. The summed E-state index contributed by atoms with van der Waals surface area (Å²) in [6.45, 7) is 8.15. The summed E-state index contributed by atoms with van der Waals surface area (Å²) in [5, 5.41) is 0. The Morgan fingerprint density at radius 2 is 1.81 bits per heavy atom. The molecule has 0 fully saturated rings. The first-order chi connectivity index (χ1) is 9.90. The molecule has 0 saturated heterocycles. The quantitative estimate of drug-likeness (QED) is 0.720. The molecular weight excluding hydrogens is 265 g/mol. The van der Waals surface area contributed by atoms with Crippen LogP contribution in [0.15, 0.2) is 30.3 Å². The highest BCUT2D eigenvalue weighted by atomic mass is 19.1. The molecule has 1 aromatic carbocycles. The molecular formula is C18H22FNO. The van der Waals surface area contributed by atoms with Crippen molar-refractivity contribution in [2.45, 2.75) is 40.5 Å². The van der Waals surface area contributed by atoms with Crippen molar-refractivity contribution in [1.29, 1.82) is 0 Å². The number of aryl methyl sites for hydroxylation is 1. The zero-order valence-electron chi connectivity index (χ0n) is 13.1. The second-order valence-electron chi connectivity index (χ2n) is 5.95. The molecule has 0 atom stereocenters. The predicted molar refractivity (Wildman–Crippen MR) is 83.6 cm³/mol. The Labute approximate surface area is 125 Å². The highest BCUT2D eigenvalue weighted by Crippen LogP contribution is 2.23. The SMILES string of the molecule is Cc1cc(C(=O)CCC(C)C)c(C)n1-c1ccc(F)cc1. The molecule has 0 bridgehead atoms. The number of nitrogens with zero attached hydrogens (tertiary/aromatic N) is 1. The fourth-order valence-electron chi connectivity index (χ4n) is 2.59. The monoisotopic (exact) mass is 287 g/mol. The third-order valence-corrected chi connectivity index (χ3v) is 3.77. The fourth-order valence-corrected chi connectivity index (χ4v) is 2.59. The number of hydrogen-bond donors (Lipinski definition) is 0. The second kappa shape index (κ2) is 6.25. The van der Waals surface area contributed by atoms with Crippen LogP contribution in [-0.4, -0.2) is 10.4 Å². The van der Waals surface area contributed by atoms with Crippen molar-refractivity contribution in [1.82, 2.24) is 4.57 Å². The van der Waals surface area contributed by atoms with Crippen LogP contribution in [-0.2, 0) is 0 Å². The smallest absolute Gasteiger partial charge is 0.164 e. The van der Waals surface area contributed by atoms with Crippen molar-refractivity contribution in [2.75, 3.05) is 0 Å². The highest BCUT2D eigenvalue weighted by Gasteiger charge is 2.16. The minimum atomic E-state index is -0.255. The van der Waals surface area contributed by atoms with E-state index in [-0.39, 0.29) is 11.6 Å². The van der Waals surface area contributed by atoms with Gasteiger partial charge < -0.3 is 4.57 Å². The summed E-state index contributed by atoms with van der Waals surface area (Å²) in [5.41, 5.74) is 3.58. The lowest BCUT2D eigenvalue weighted by Crippen LogP contribution is -2.04. The molecule has 112 valence electrons. The summed E-state index contributed by atoms with van der Waals surface area (Å²) < 4.78 is 15.1. The molecule has 2 nitrogen and oxygen atoms in total. The van der Waals surface area contributed by atoms with Gasteiger partial charge in [-0.15, -0.1) is 0 Å². The van der Waals surface area contributed by atoms with Crippen molar-refractivity contribution >= 4 is 5.78 Å². The van der Waals surface area contributed by atoms with Crippen molar-refractivity contribution in [3.05, 3.63) is 53.1 Å². The maximum atomic E-state index is 13.0. The number of aromatic nitrogens is 1. The number of rotatable bonds is 5. The van der Waals surface area contributed by atoms with Gasteiger partial charge in [-0.05, 0) is 56.5 Å². The second-order valence-corrected chi connectivity index (χ2v) is 5.95. The first kappa shape index (κ1) is 15.5. The van der Waals surface area contributed by atoms with Crippen LogP contribution in [0.25, 0.3) is 5.69 Å². The van der Waals surface area contributed by atoms with E-state index in [1.807, 2.05) is 24.5 Å².